The third-order valence-electron chi connectivity index (χ3n) is 3.18. The topological polar surface area (TPSA) is 82.4 Å². The minimum atomic E-state index is -3.51. The van der Waals surface area contributed by atoms with Gasteiger partial charge in [-0.05, 0) is 24.6 Å². The maximum Gasteiger partial charge on any atom is 0.280 e. The molecule has 1 heterocycles. The highest BCUT2D eigenvalue weighted by Gasteiger charge is 2.25. The van der Waals surface area contributed by atoms with Gasteiger partial charge in [0, 0.05) is 19.1 Å². The van der Waals surface area contributed by atoms with Gasteiger partial charge in [0.1, 0.15) is 0 Å². The van der Waals surface area contributed by atoms with Gasteiger partial charge in [0.2, 0.25) is 0 Å². The summed E-state index contributed by atoms with van der Waals surface area (Å²) in [6, 6.07) is 8.54. The molecule has 1 aromatic carbocycles. The van der Waals surface area contributed by atoms with Crippen molar-refractivity contribution in [3.63, 3.8) is 0 Å². The van der Waals surface area contributed by atoms with Gasteiger partial charge >= 0.3 is 0 Å². The average Bonchev–Trinajstić information content (AvgIpc) is 2.48. The van der Waals surface area contributed by atoms with Crippen LogP contribution in [0.1, 0.15) is 24.1 Å². The van der Waals surface area contributed by atoms with Crippen LogP contribution in [0.2, 0.25) is 0 Å². The maximum atomic E-state index is 12.2. The van der Waals surface area contributed by atoms with E-state index in [1.54, 1.807) is 31.2 Å². The third kappa shape index (κ3) is 3.55. The molecule has 0 unspecified atom stereocenters. The molecule has 0 amide bonds. The summed E-state index contributed by atoms with van der Waals surface area (Å²) in [5.41, 5.74) is 1.37. The number of nitrogens with zero attached hydrogens (tertiary/aromatic N) is 2. The lowest BCUT2D eigenvalue weighted by molar-refractivity contribution is 0.0723. The summed E-state index contributed by atoms with van der Waals surface area (Å²) >= 11 is 0. The monoisotopic (exact) mass is 295 g/mol. The molecule has 0 bridgehead atoms. The van der Waals surface area contributed by atoms with Crippen molar-refractivity contribution in [2.75, 3.05) is 26.3 Å². The van der Waals surface area contributed by atoms with Crippen LogP contribution in [-0.2, 0) is 14.9 Å². The van der Waals surface area contributed by atoms with Crippen molar-refractivity contribution in [3.05, 3.63) is 35.4 Å². The zero-order chi connectivity index (χ0) is 14.6. The fourth-order valence-electron chi connectivity index (χ4n) is 2.00. The molecule has 2 rings (SSSR count). The van der Waals surface area contributed by atoms with Crippen LogP contribution >= 0.6 is 0 Å². The summed E-state index contributed by atoms with van der Waals surface area (Å²) < 4.78 is 33.6. The Labute approximate surface area is 119 Å². The quantitative estimate of drug-likeness (QED) is 0.890. The predicted octanol–water partition coefficient (Wildman–Crippen LogP) is 0.786. The maximum absolute atomic E-state index is 12.2. The lowest BCUT2D eigenvalue weighted by Crippen LogP contribution is -2.47. The summed E-state index contributed by atoms with van der Waals surface area (Å²) in [6.45, 7) is 3.36. The number of hydrogen-bond acceptors (Lipinski definition) is 4. The Morgan fingerprint density at radius 3 is 2.45 bits per heavy atom. The summed E-state index contributed by atoms with van der Waals surface area (Å²) in [5.74, 6) is 0. The molecular weight excluding hydrogens is 278 g/mol. The molecule has 1 aliphatic rings. The molecular formula is C13H17N3O3S. The Morgan fingerprint density at radius 1 is 1.30 bits per heavy atom. The first-order valence-corrected chi connectivity index (χ1v) is 7.82. The van der Waals surface area contributed by atoms with Crippen LogP contribution in [0.3, 0.4) is 0 Å². The molecule has 1 aromatic rings. The van der Waals surface area contributed by atoms with Gasteiger partial charge < -0.3 is 4.74 Å². The highest BCUT2D eigenvalue weighted by Crippen LogP contribution is 2.15. The Kier molecular flexibility index (Phi) is 4.73. The SMILES string of the molecule is C[C@@H](NS(=O)(=O)N1CCOCC1)c1ccc(C#N)cc1. The van der Waals surface area contributed by atoms with E-state index in [0.717, 1.165) is 5.56 Å². The van der Waals surface area contributed by atoms with E-state index in [0.29, 0.717) is 31.9 Å². The summed E-state index contributed by atoms with van der Waals surface area (Å²) in [6.07, 6.45) is 0. The molecule has 1 atom stereocenters. The van der Waals surface area contributed by atoms with Gasteiger partial charge in [0.05, 0.1) is 24.8 Å². The van der Waals surface area contributed by atoms with Crippen LogP contribution in [-0.4, -0.2) is 39.0 Å². The molecule has 7 heteroatoms. The van der Waals surface area contributed by atoms with Crippen LogP contribution in [0.15, 0.2) is 24.3 Å². The third-order valence-corrected chi connectivity index (χ3v) is 4.87. The number of benzene rings is 1. The Balaban J connectivity index is 2.05. The standard InChI is InChI=1S/C13H17N3O3S/c1-11(13-4-2-12(10-14)3-5-13)15-20(17,18)16-6-8-19-9-7-16/h2-5,11,15H,6-9H2,1H3/t11-/m1/s1. The molecule has 20 heavy (non-hydrogen) atoms. The first-order valence-electron chi connectivity index (χ1n) is 6.38. The Hall–Kier alpha value is -1.46. The second-order valence-electron chi connectivity index (χ2n) is 4.59. The lowest BCUT2D eigenvalue weighted by Gasteiger charge is -2.27. The van der Waals surface area contributed by atoms with Crippen molar-refractivity contribution in [2.24, 2.45) is 0 Å². The van der Waals surface area contributed by atoms with Gasteiger partial charge in [0.15, 0.2) is 0 Å². The van der Waals surface area contributed by atoms with Crippen molar-refractivity contribution in [1.29, 1.82) is 5.26 Å². The van der Waals surface area contributed by atoms with Crippen LogP contribution < -0.4 is 4.72 Å². The van der Waals surface area contributed by atoms with Gasteiger partial charge in [0.25, 0.3) is 10.2 Å². The molecule has 1 N–H and O–H groups in total. The van der Waals surface area contributed by atoms with Crippen molar-refractivity contribution in [1.82, 2.24) is 9.03 Å². The minimum absolute atomic E-state index is 0.351. The van der Waals surface area contributed by atoms with E-state index in [9.17, 15) is 8.42 Å². The van der Waals surface area contributed by atoms with Crippen molar-refractivity contribution in [2.45, 2.75) is 13.0 Å². The van der Waals surface area contributed by atoms with Crippen LogP contribution in [0.25, 0.3) is 0 Å². The highest BCUT2D eigenvalue weighted by molar-refractivity contribution is 7.87. The van der Waals surface area contributed by atoms with E-state index in [1.807, 2.05) is 6.07 Å². The molecule has 6 nitrogen and oxygen atoms in total. The second-order valence-corrected chi connectivity index (χ2v) is 6.29. The summed E-state index contributed by atoms with van der Waals surface area (Å²) in [4.78, 5) is 0. The number of nitriles is 1. The number of rotatable bonds is 4. The Bertz CT molecular complexity index is 586. The minimum Gasteiger partial charge on any atom is -0.379 e. The number of nitrogens with one attached hydrogen (secondary N) is 1. The fraction of sp³-hybridized carbons (Fsp3) is 0.462. The fourth-order valence-corrected chi connectivity index (χ4v) is 3.36. The van der Waals surface area contributed by atoms with Crippen molar-refractivity contribution in [3.8, 4) is 6.07 Å². The largest absolute Gasteiger partial charge is 0.379 e. The first-order chi connectivity index (χ1) is 9.53. The Morgan fingerprint density at radius 2 is 1.90 bits per heavy atom. The smallest absolute Gasteiger partial charge is 0.280 e. The van der Waals surface area contributed by atoms with Crippen LogP contribution in [0.5, 0.6) is 0 Å². The van der Waals surface area contributed by atoms with Gasteiger partial charge in [-0.2, -0.15) is 22.7 Å². The van der Waals surface area contributed by atoms with Crippen molar-refractivity contribution >= 4 is 10.2 Å². The predicted molar refractivity (Wildman–Crippen MR) is 74.0 cm³/mol. The van der Waals surface area contributed by atoms with Gasteiger partial charge in [-0.15, -0.1) is 0 Å². The van der Waals surface area contributed by atoms with E-state index < -0.39 is 10.2 Å². The summed E-state index contributed by atoms with van der Waals surface area (Å²) in [7, 11) is -3.51. The zero-order valence-corrected chi connectivity index (χ0v) is 12.1. The van der Waals surface area contributed by atoms with Crippen LogP contribution in [0.4, 0.5) is 0 Å². The van der Waals surface area contributed by atoms with Gasteiger partial charge in [-0.1, -0.05) is 12.1 Å². The normalized spacial score (nSPS) is 18.4. The number of ether oxygens (including phenoxy) is 1. The van der Waals surface area contributed by atoms with E-state index in [4.69, 9.17) is 10.00 Å². The zero-order valence-electron chi connectivity index (χ0n) is 11.2. The van der Waals surface area contributed by atoms with E-state index >= 15 is 0 Å². The number of hydrogen-bond donors (Lipinski definition) is 1. The first kappa shape index (κ1) is 14.9. The van der Waals surface area contributed by atoms with E-state index in [-0.39, 0.29) is 6.04 Å². The van der Waals surface area contributed by atoms with Gasteiger partial charge in [-0.3, -0.25) is 0 Å². The summed E-state index contributed by atoms with van der Waals surface area (Å²) in [5, 5.41) is 8.74. The average molecular weight is 295 g/mol. The molecule has 1 fully saturated rings. The molecule has 0 radical (unpaired) electrons. The lowest BCUT2D eigenvalue weighted by atomic mass is 10.1. The van der Waals surface area contributed by atoms with E-state index in [2.05, 4.69) is 4.72 Å². The van der Waals surface area contributed by atoms with E-state index in [1.165, 1.54) is 4.31 Å². The van der Waals surface area contributed by atoms with Crippen molar-refractivity contribution < 1.29 is 13.2 Å². The molecule has 0 aliphatic carbocycles. The number of morpholine rings is 1. The van der Waals surface area contributed by atoms with Gasteiger partial charge in [-0.25, -0.2) is 0 Å². The molecule has 0 saturated carbocycles. The molecule has 108 valence electrons. The molecule has 1 aliphatic heterocycles. The van der Waals surface area contributed by atoms with Crippen LogP contribution in [0, 0.1) is 11.3 Å². The second kappa shape index (κ2) is 6.33. The molecule has 0 spiro atoms. The highest BCUT2D eigenvalue weighted by atomic mass is 32.2. The molecule has 0 aromatic heterocycles. The molecule has 1 saturated heterocycles.